The van der Waals surface area contributed by atoms with Crippen LogP contribution >= 0.6 is 43.6 Å². The molecule has 0 aliphatic rings. The maximum absolute atomic E-state index is 12.5. The zero-order chi connectivity index (χ0) is 15.4. The molecule has 0 spiro atoms. The minimum absolute atomic E-state index is 0.00267. The molecule has 2 nitrogen and oxygen atoms in total. The van der Waals surface area contributed by atoms with E-state index < -0.39 is 0 Å². The van der Waals surface area contributed by atoms with Gasteiger partial charge in [0.15, 0.2) is 0 Å². The van der Waals surface area contributed by atoms with Gasteiger partial charge in [0.2, 0.25) is 0 Å². The second kappa shape index (κ2) is 7.47. The van der Waals surface area contributed by atoms with E-state index in [-0.39, 0.29) is 5.91 Å². The highest BCUT2D eigenvalue weighted by Gasteiger charge is 2.15. The monoisotopic (exact) mass is 427 g/mol. The van der Waals surface area contributed by atoms with E-state index in [1.807, 2.05) is 25.2 Å². The van der Waals surface area contributed by atoms with Crippen LogP contribution in [0.1, 0.15) is 15.9 Å². The third kappa shape index (κ3) is 4.34. The van der Waals surface area contributed by atoms with Gasteiger partial charge in [0, 0.05) is 27.4 Å². The van der Waals surface area contributed by atoms with Crippen LogP contribution in [0.5, 0.6) is 0 Å². The fourth-order valence-corrected chi connectivity index (χ4v) is 3.13. The van der Waals surface area contributed by atoms with Crippen LogP contribution in [0.2, 0.25) is 0 Å². The molecule has 2 aromatic rings. The second-order valence-electron chi connectivity index (χ2n) is 4.63. The van der Waals surface area contributed by atoms with Gasteiger partial charge in [0.1, 0.15) is 0 Å². The summed E-state index contributed by atoms with van der Waals surface area (Å²) in [7, 11) is 1.82. The number of halogens is 2. The molecule has 0 bridgehead atoms. The molecule has 0 atom stereocenters. The van der Waals surface area contributed by atoms with Crippen LogP contribution in [0.4, 0.5) is 0 Å². The van der Waals surface area contributed by atoms with Gasteiger partial charge in [-0.25, -0.2) is 0 Å². The summed E-state index contributed by atoms with van der Waals surface area (Å²) in [6.45, 7) is 0.590. The number of rotatable bonds is 4. The van der Waals surface area contributed by atoms with Gasteiger partial charge in [0.05, 0.1) is 5.56 Å². The Balaban J connectivity index is 2.13. The lowest BCUT2D eigenvalue weighted by molar-refractivity contribution is 0.0784. The standard InChI is InChI=1S/C16H15Br2NOS/c1-19(10-11-3-6-13(21-2)7-4-11)16(20)14-9-12(17)5-8-15(14)18/h3-9H,10H2,1-2H3. The van der Waals surface area contributed by atoms with Gasteiger partial charge in [0.25, 0.3) is 5.91 Å². The SMILES string of the molecule is CSc1ccc(CN(C)C(=O)c2cc(Br)ccc2Br)cc1. The van der Waals surface area contributed by atoms with Crippen molar-refractivity contribution in [2.75, 3.05) is 13.3 Å². The van der Waals surface area contributed by atoms with Crippen molar-refractivity contribution >= 4 is 49.5 Å². The molecular formula is C16H15Br2NOS. The topological polar surface area (TPSA) is 20.3 Å². The number of carbonyl (C=O) groups excluding carboxylic acids is 1. The van der Waals surface area contributed by atoms with Crippen molar-refractivity contribution in [3.63, 3.8) is 0 Å². The van der Waals surface area contributed by atoms with Crippen LogP contribution in [-0.2, 0) is 6.54 Å². The lowest BCUT2D eigenvalue weighted by Crippen LogP contribution is -2.26. The van der Waals surface area contributed by atoms with Crippen LogP contribution in [0.15, 0.2) is 56.3 Å². The first-order valence-electron chi connectivity index (χ1n) is 6.34. The maximum atomic E-state index is 12.5. The number of nitrogens with zero attached hydrogens (tertiary/aromatic N) is 1. The molecule has 0 saturated heterocycles. The van der Waals surface area contributed by atoms with E-state index in [0.717, 1.165) is 14.5 Å². The molecule has 1 amide bonds. The van der Waals surface area contributed by atoms with Crippen molar-refractivity contribution in [2.24, 2.45) is 0 Å². The van der Waals surface area contributed by atoms with Crippen LogP contribution in [0.25, 0.3) is 0 Å². The molecular weight excluding hydrogens is 414 g/mol. The van der Waals surface area contributed by atoms with Crippen molar-refractivity contribution in [3.05, 3.63) is 62.5 Å². The van der Waals surface area contributed by atoms with Gasteiger partial charge in [-0.3, -0.25) is 4.79 Å². The molecule has 0 aliphatic heterocycles. The van der Waals surface area contributed by atoms with E-state index in [2.05, 4.69) is 62.4 Å². The maximum Gasteiger partial charge on any atom is 0.255 e. The summed E-state index contributed by atoms with van der Waals surface area (Å²) in [5.74, 6) is -0.00267. The van der Waals surface area contributed by atoms with Crippen molar-refractivity contribution in [1.82, 2.24) is 4.90 Å². The Bertz CT molecular complexity index is 643. The Morgan fingerprint density at radius 2 is 1.81 bits per heavy atom. The molecule has 5 heteroatoms. The third-order valence-corrected chi connectivity index (χ3v) is 5.01. The largest absolute Gasteiger partial charge is 0.337 e. The van der Waals surface area contributed by atoms with E-state index in [4.69, 9.17) is 0 Å². The molecule has 0 aliphatic carbocycles. The molecule has 2 aromatic carbocycles. The van der Waals surface area contributed by atoms with Crippen molar-refractivity contribution in [2.45, 2.75) is 11.4 Å². The average Bonchev–Trinajstić information content (AvgIpc) is 2.49. The number of hydrogen-bond acceptors (Lipinski definition) is 2. The normalized spacial score (nSPS) is 10.5. The van der Waals surface area contributed by atoms with E-state index >= 15 is 0 Å². The lowest BCUT2D eigenvalue weighted by Gasteiger charge is -2.18. The van der Waals surface area contributed by atoms with Gasteiger partial charge in [-0.05, 0) is 58.1 Å². The molecule has 0 aromatic heterocycles. The summed E-state index contributed by atoms with van der Waals surface area (Å²) in [6, 6.07) is 13.9. The fourth-order valence-electron chi connectivity index (χ4n) is 1.94. The first kappa shape index (κ1) is 16.6. The van der Waals surface area contributed by atoms with Crippen LogP contribution in [-0.4, -0.2) is 24.1 Å². The number of carbonyl (C=O) groups is 1. The van der Waals surface area contributed by atoms with Crippen LogP contribution < -0.4 is 0 Å². The zero-order valence-corrected chi connectivity index (χ0v) is 15.8. The molecule has 110 valence electrons. The molecule has 0 N–H and O–H groups in total. The van der Waals surface area contributed by atoms with Crippen molar-refractivity contribution in [3.8, 4) is 0 Å². The van der Waals surface area contributed by atoms with Gasteiger partial charge in [-0.15, -0.1) is 11.8 Å². The Labute approximate surface area is 146 Å². The highest BCUT2D eigenvalue weighted by molar-refractivity contribution is 9.11. The lowest BCUT2D eigenvalue weighted by atomic mass is 10.1. The Morgan fingerprint density at radius 1 is 1.14 bits per heavy atom. The molecule has 2 rings (SSSR count). The summed E-state index contributed by atoms with van der Waals surface area (Å²) in [5, 5.41) is 0. The molecule has 0 radical (unpaired) electrons. The molecule has 21 heavy (non-hydrogen) atoms. The molecule has 0 unspecified atom stereocenters. The van der Waals surface area contributed by atoms with Gasteiger partial charge < -0.3 is 4.90 Å². The fraction of sp³-hybridized carbons (Fsp3) is 0.188. The van der Waals surface area contributed by atoms with Gasteiger partial charge in [-0.1, -0.05) is 28.1 Å². The second-order valence-corrected chi connectivity index (χ2v) is 7.28. The number of hydrogen-bond donors (Lipinski definition) is 0. The Morgan fingerprint density at radius 3 is 2.43 bits per heavy atom. The molecule has 0 heterocycles. The zero-order valence-electron chi connectivity index (χ0n) is 11.8. The summed E-state index contributed by atoms with van der Waals surface area (Å²) in [5.41, 5.74) is 1.78. The van der Waals surface area contributed by atoms with E-state index in [0.29, 0.717) is 12.1 Å². The predicted molar refractivity (Wildman–Crippen MR) is 95.9 cm³/mol. The summed E-state index contributed by atoms with van der Waals surface area (Å²) >= 11 is 8.55. The van der Waals surface area contributed by atoms with E-state index in [9.17, 15) is 4.79 Å². The van der Waals surface area contributed by atoms with Crippen LogP contribution in [0.3, 0.4) is 0 Å². The highest BCUT2D eigenvalue weighted by Crippen LogP contribution is 2.23. The Kier molecular flexibility index (Phi) is 5.90. The average molecular weight is 429 g/mol. The minimum Gasteiger partial charge on any atom is -0.337 e. The first-order chi connectivity index (χ1) is 10.0. The van der Waals surface area contributed by atoms with Crippen molar-refractivity contribution < 1.29 is 4.79 Å². The third-order valence-electron chi connectivity index (χ3n) is 3.08. The van der Waals surface area contributed by atoms with E-state index in [1.54, 1.807) is 16.7 Å². The predicted octanol–water partition coefficient (Wildman–Crippen LogP) is 5.21. The summed E-state index contributed by atoms with van der Waals surface area (Å²) < 4.78 is 1.70. The van der Waals surface area contributed by atoms with Gasteiger partial charge in [-0.2, -0.15) is 0 Å². The van der Waals surface area contributed by atoms with Crippen molar-refractivity contribution in [1.29, 1.82) is 0 Å². The van der Waals surface area contributed by atoms with Gasteiger partial charge >= 0.3 is 0 Å². The number of amides is 1. The van der Waals surface area contributed by atoms with E-state index in [1.165, 1.54) is 4.90 Å². The first-order valence-corrected chi connectivity index (χ1v) is 9.16. The molecule has 0 saturated carbocycles. The molecule has 0 fully saturated rings. The quantitative estimate of drug-likeness (QED) is 0.623. The number of thioether (sulfide) groups is 1. The van der Waals surface area contributed by atoms with Crippen LogP contribution in [0, 0.1) is 0 Å². The minimum atomic E-state index is -0.00267. The Hall–Kier alpha value is -0.780. The summed E-state index contributed by atoms with van der Waals surface area (Å²) in [6.07, 6.45) is 2.05. The summed E-state index contributed by atoms with van der Waals surface area (Å²) in [4.78, 5) is 15.5. The smallest absolute Gasteiger partial charge is 0.255 e. The highest BCUT2D eigenvalue weighted by atomic mass is 79.9. The number of benzene rings is 2.